The number of aromatic nitrogens is 2. The first-order valence-electron chi connectivity index (χ1n) is 6.38. The Hall–Kier alpha value is -1.75. The van der Waals surface area contributed by atoms with Crippen molar-refractivity contribution < 1.29 is 8.91 Å². The lowest BCUT2D eigenvalue weighted by Crippen LogP contribution is -2.18. The summed E-state index contributed by atoms with van der Waals surface area (Å²) in [5.41, 5.74) is 7.20. The molecule has 0 amide bonds. The minimum absolute atomic E-state index is 0.253. The molecule has 1 heterocycles. The van der Waals surface area contributed by atoms with Crippen LogP contribution >= 0.6 is 0 Å². The van der Waals surface area contributed by atoms with E-state index in [-0.39, 0.29) is 17.8 Å². The maximum Gasteiger partial charge on any atom is 0.244 e. The van der Waals surface area contributed by atoms with Gasteiger partial charge in [-0.05, 0) is 24.5 Å². The number of halogens is 1. The Morgan fingerprint density at radius 3 is 2.79 bits per heavy atom. The van der Waals surface area contributed by atoms with E-state index in [1.54, 1.807) is 19.1 Å². The molecule has 102 valence electrons. The van der Waals surface area contributed by atoms with E-state index < -0.39 is 0 Å². The molecule has 0 saturated heterocycles. The molecule has 19 heavy (non-hydrogen) atoms. The number of benzene rings is 1. The number of nitrogens with zero attached hydrogens (tertiary/aromatic N) is 2. The Morgan fingerprint density at radius 1 is 1.42 bits per heavy atom. The van der Waals surface area contributed by atoms with Crippen LogP contribution in [0.3, 0.4) is 0 Å². The summed E-state index contributed by atoms with van der Waals surface area (Å²) in [4.78, 5) is 4.25. The fraction of sp³-hybridized carbons (Fsp3) is 0.429. The topological polar surface area (TPSA) is 64.9 Å². The summed E-state index contributed by atoms with van der Waals surface area (Å²) in [6, 6.07) is 4.57. The predicted octanol–water partition coefficient (Wildman–Crippen LogP) is 3.23. The molecule has 0 aliphatic heterocycles. The monoisotopic (exact) mass is 263 g/mol. The van der Waals surface area contributed by atoms with E-state index in [0.29, 0.717) is 22.8 Å². The van der Waals surface area contributed by atoms with Crippen molar-refractivity contribution in [1.82, 2.24) is 10.1 Å². The van der Waals surface area contributed by atoms with Crippen LogP contribution in [0.2, 0.25) is 0 Å². The first-order chi connectivity index (χ1) is 9.02. The van der Waals surface area contributed by atoms with Gasteiger partial charge in [-0.2, -0.15) is 4.98 Å². The zero-order valence-corrected chi connectivity index (χ0v) is 11.4. The molecule has 2 atom stereocenters. The van der Waals surface area contributed by atoms with E-state index in [1.807, 2.05) is 6.92 Å². The molecule has 2 aromatic rings. The Balaban J connectivity index is 2.27. The third kappa shape index (κ3) is 2.81. The van der Waals surface area contributed by atoms with Gasteiger partial charge in [-0.15, -0.1) is 0 Å². The van der Waals surface area contributed by atoms with Gasteiger partial charge in [0.15, 0.2) is 0 Å². The molecule has 1 aromatic heterocycles. The quantitative estimate of drug-likeness (QED) is 0.919. The van der Waals surface area contributed by atoms with Gasteiger partial charge in [-0.1, -0.05) is 37.6 Å². The maximum absolute atomic E-state index is 13.5. The van der Waals surface area contributed by atoms with E-state index in [0.717, 1.165) is 6.42 Å². The van der Waals surface area contributed by atoms with E-state index in [4.69, 9.17) is 10.3 Å². The lowest BCUT2D eigenvalue weighted by Gasteiger charge is -2.12. The largest absolute Gasteiger partial charge is 0.337 e. The number of aryl methyl sites for hydroxylation is 1. The van der Waals surface area contributed by atoms with Gasteiger partial charge in [0.05, 0.1) is 6.04 Å². The van der Waals surface area contributed by atoms with Crippen molar-refractivity contribution in [3.63, 3.8) is 0 Å². The molecule has 4 nitrogen and oxygen atoms in total. The summed E-state index contributed by atoms with van der Waals surface area (Å²) in [6.07, 6.45) is 0.929. The first-order valence-corrected chi connectivity index (χ1v) is 6.38. The molecular formula is C14H18FN3O. The third-order valence-electron chi connectivity index (χ3n) is 3.41. The number of hydrogen-bond acceptors (Lipinski definition) is 4. The minimum Gasteiger partial charge on any atom is -0.337 e. The van der Waals surface area contributed by atoms with E-state index in [2.05, 4.69) is 17.1 Å². The molecule has 0 fully saturated rings. The normalized spacial score (nSPS) is 14.4. The van der Waals surface area contributed by atoms with Gasteiger partial charge in [-0.3, -0.25) is 0 Å². The van der Waals surface area contributed by atoms with Crippen LogP contribution in [0.25, 0.3) is 11.4 Å². The van der Waals surface area contributed by atoms with Crippen LogP contribution < -0.4 is 5.73 Å². The first kappa shape index (κ1) is 13.7. The summed E-state index contributed by atoms with van der Waals surface area (Å²) >= 11 is 0. The zero-order valence-electron chi connectivity index (χ0n) is 11.4. The average molecular weight is 263 g/mol. The van der Waals surface area contributed by atoms with Crippen LogP contribution in [0.1, 0.15) is 37.8 Å². The van der Waals surface area contributed by atoms with Crippen molar-refractivity contribution in [3.05, 3.63) is 35.5 Å². The van der Waals surface area contributed by atoms with Gasteiger partial charge < -0.3 is 10.3 Å². The zero-order chi connectivity index (χ0) is 14.0. The molecule has 2 rings (SSSR count). The highest BCUT2D eigenvalue weighted by atomic mass is 19.1. The molecule has 1 aromatic carbocycles. The Bertz CT molecular complexity index is 568. The highest BCUT2D eigenvalue weighted by Crippen LogP contribution is 2.24. The Kier molecular flexibility index (Phi) is 3.95. The SMILES string of the molecule is CCC(C)[C@H](N)c1nc(-c2ccc(C)c(F)c2)no1. The summed E-state index contributed by atoms with van der Waals surface area (Å²) in [7, 11) is 0. The molecular weight excluding hydrogens is 245 g/mol. The predicted molar refractivity (Wildman–Crippen MR) is 70.8 cm³/mol. The van der Waals surface area contributed by atoms with Gasteiger partial charge >= 0.3 is 0 Å². The van der Waals surface area contributed by atoms with Gasteiger partial charge in [-0.25, -0.2) is 4.39 Å². The highest BCUT2D eigenvalue weighted by Gasteiger charge is 2.20. The molecule has 1 unspecified atom stereocenters. The molecule has 0 aliphatic rings. The lowest BCUT2D eigenvalue weighted by molar-refractivity contribution is 0.312. The second-order valence-corrected chi connectivity index (χ2v) is 4.83. The minimum atomic E-state index is -0.290. The van der Waals surface area contributed by atoms with Crippen LogP contribution in [0.4, 0.5) is 4.39 Å². The molecule has 2 N–H and O–H groups in total. The molecule has 0 spiro atoms. The molecule has 0 aliphatic carbocycles. The average Bonchev–Trinajstić information content (AvgIpc) is 2.89. The molecule has 5 heteroatoms. The van der Waals surface area contributed by atoms with Crippen molar-refractivity contribution in [2.75, 3.05) is 0 Å². The fourth-order valence-corrected chi connectivity index (χ4v) is 1.72. The second kappa shape index (κ2) is 5.48. The Labute approximate surface area is 111 Å². The van der Waals surface area contributed by atoms with Gasteiger partial charge in [0.1, 0.15) is 5.82 Å². The standard InChI is InChI=1S/C14H18FN3O/c1-4-8(2)12(16)14-17-13(18-19-14)10-6-5-9(3)11(15)7-10/h5-8,12H,4,16H2,1-3H3/t8?,12-/m0/s1. The molecule has 0 saturated carbocycles. The van der Waals surface area contributed by atoms with Gasteiger partial charge in [0, 0.05) is 5.56 Å². The van der Waals surface area contributed by atoms with Gasteiger partial charge in [0.25, 0.3) is 0 Å². The van der Waals surface area contributed by atoms with E-state index in [9.17, 15) is 4.39 Å². The van der Waals surface area contributed by atoms with Crippen molar-refractivity contribution in [3.8, 4) is 11.4 Å². The van der Waals surface area contributed by atoms with Crippen molar-refractivity contribution in [2.24, 2.45) is 11.7 Å². The van der Waals surface area contributed by atoms with Crippen molar-refractivity contribution in [1.29, 1.82) is 0 Å². The highest BCUT2D eigenvalue weighted by molar-refractivity contribution is 5.54. The second-order valence-electron chi connectivity index (χ2n) is 4.83. The molecule has 0 bridgehead atoms. The summed E-state index contributed by atoms with van der Waals surface area (Å²) in [5.74, 6) is 0.733. The summed E-state index contributed by atoms with van der Waals surface area (Å²) in [6.45, 7) is 5.79. The van der Waals surface area contributed by atoms with Crippen LogP contribution in [0.15, 0.2) is 22.7 Å². The van der Waals surface area contributed by atoms with E-state index >= 15 is 0 Å². The summed E-state index contributed by atoms with van der Waals surface area (Å²) < 4.78 is 18.7. The van der Waals surface area contributed by atoms with Crippen molar-refractivity contribution in [2.45, 2.75) is 33.2 Å². The maximum atomic E-state index is 13.5. The number of hydrogen-bond donors (Lipinski definition) is 1. The van der Waals surface area contributed by atoms with E-state index in [1.165, 1.54) is 6.07 Å². The van der Waals surface area contributed by atoms with Crippen LogP contribution in [0, 0.1) is 18.7 Å². The van der Waals surface area contributed by atoms with Crippen molar-refractivity contribution >= 4 is 0 Å². The number of nitrogens with two attached hydrogens (primary N) is 1. The van der Waals surface area contributed by atoms with Crippen LogP contribution in [0.5, 0.6) is 0 Å². The fourth-order valence-electron chi connectivity index (χ4n) is 1.72. The number of rotatable bonds is 4. The van der Waals surface area contributed by atoms with Gasteiger partial charge in [0.2, 0.25) is 11.7 Å². The Morgan fingerprint density at radius 2 is 2.16 bits per heavy atom. The smallest absolute Gasteiger partial charge is 0.244 e. The third-order valence-corrected chi connectivity index (χ3v) is 3.41. The van der Waals surface area contributed by atoms with Crippen LogP contribution in [-0.4, -0.2) is 10.1 Å². The lowest BCUT2D eigenvalue weighted by atomic mass is 10.0. The molecule has 0 radical (unpaired) electrons. The summed E-state index contributed by atoms with van der Waals surface area (Å²) in [5, 5.41) is 3.86. The van der Waals surface area contributed by atoms with Crippen LogP contribution in [-0.2, 0) is 0 Å².